The number of halogens is 1. The molecule has 0 N–H and O–H groups in total. The molecule has 1 aliphatic rings. The average Bonchev–Trinajstić information content (AvgIpc) is 2.27. The van der Waals surface area contributed by atoms with E-state index in [2.05, 4.69) is 25.7 Å². The van der Waals surface area contributed by atoms with Crippen LogP contribution >= 0.6 is 11.6 Å². The molecular formula is C14H28ClN. The largest absolute Gasteiger partial charge is 0.303 e. The Balaban J connectivity index is 2.12. The van der Waals surface area contributed by atoms with Crippen LogP contribution in [0.1, 0.15) is 46.5 Å². The van der Waals surface area contributed by atoms with Gasteiger partial charge in [0, 0.05) is 5.88 Å². The summed E-state index contributed by atoms with van der Waals surface area (Å²) in [5, 5.41) is 0. The van der Waals surface area contributed by atoms with Gasteiger partial charge in [0.2, 0.25) is 0 Å². The number of alkyl halides is 1. The van der Waals surface area contributed by atoms with Crippen molar-refractivity contribution >= 4 is 11.6 Å². The summed E-state index contributed by atoms with van der Waals surface area (Å²) in [7, 11) is 0. The maximum atomic E-state index is 5.76. The first-order valence-corrected chi connectivity index (χ1v) is 7.45. The second kappa shape index (κ2) is 7.55. The Labute approximate surface area is 107 Å². The predicted octanol–water partition coefficient (Wildman–Crippen LogP) is 4.01. The molecule has 16 heavy (non-hydrogen) atoms. The highest BCUT2D eigenvalue weighted by Crippen LogP contribution is 2.24. The molecule has 0 aliphatic carbocycles. The molecule has 1 unspecified atom stereocenters. The Hall–Kier alpha value is 0.250. The molecule has 1 aliphatic heterocycles. The van der Waals surface area contributed by atoms with Crippen LogP contribution in [0.25, 0.3) is 0 Å². The Morgan fingerprint density at radius 2 is 1.75 bits per heavy atom. The number of nitrogens with zero attached hydrogens (tertiary/aromatic N) is 1. The topological polar surface area (TPSA) is 3.24 Å². The summed E-state index contributed by atoms with van der Waals surface area (Å²) in [6.07, 6.45) is 5.30. The van der Waals surface area contributed by atoms with E-state index in [1.54, 1.807) is 0 Å². The Morgan fingerprint density at radius 3 is 2.25 bits per heavy atom. The van der Waals surface area contributed by atoms with E-state index in [9.17, 15) is 0 Å². The highest BCUT2D eigenvalue weighted by molar-refractivity contribution is 6.17. The number of hydrogen-bond acceptors (Lipinski definition) is 1. The van der Waals surface area contributed by atoms with Gasteiger partial charge in [0.1, 0.15) is 0 Å². The summed E-state index contributed by atoms with van der Waals surface area (Å²) in [6, 6.07) is 0. The van der Waals surface area contributed by atoms with Crippen LogP contribution in [0.15, 0.2) is 0 Å². The highest BCUT2D eigenvalue weighted by atomic mass is 35.5. The molecule has 0 aromatic carbocycles. The van der Waals surface area contributed by atoms with Gasteiger partial charge in [-0.15, -0.1) is 11.6 Å². The zero-order chi connectivity index (χ0) is 12.0. The summed E-state index contributed by atoms with van der Waals surface area (Å²) >= 11 is 5.76. The number of rotatable bonds is 6. The van der Waals surface area contributed by atoms with Crippen molar-refractivity contribution in [1.29, 1.82) is 0 Å². The van der Waals surface area contributed by atoms with Crippen LogP contribution in [0, 0.1) is 17.8 Å². The van der Waals surface area contributed by atoms with Crippen LogP contribution in [-0.4, -0.2) is 30.4 Å². The quantitative estimate of drug-likeness (QED) is 0.640. The maximum Gasteiger partial charge on any atom is 0.0225 e. The predicted molar refractivity (Wildman–Crippen MR) is 73.1 cm³/mol. The lowest BCUT2D eigenvalue weighted by Gasteiger charge is -2.34. The van der Waals surface area contributed by atoms with Crippen LogP contribution in [0.2, 0.25) is 0 Å². The van der Waals surface area contributed by atoms with E-state index < -0.39 is 0 Å². The van der Waals surface area contributed by atoms with E-state index in [0.29, 0.717) is 0 Å². The second-order valence-electron chi connectivity index (χ2n) is 5.79. The van der Waals surface area contributed by atoms with Gasteiger partial charge in [0.25, 0.3) is 0 Å². The summed E-state index contributed by atoms with van der Waals surface area (Å²) in [5.41, 5.74) is 0. The van der Waals surface area contributed by atoms with Gasteiger partial charge in [-0.2, -0.15) is 0 Å². The first kappa shape index (κ1) is 14.3. The van der Waals surface area contributed by atoms with Crippen LogP contribution in [0.3, 0.4) is 0 Å². The SMILES string of the molecule is CC(CCCl)CCN1CCC(C(C)C)CC1. The lowest BCUT2D eigenvalue weighted by atomic mass is 9.86. The zero-order valence-electron chi connectivity index (χ0n) is 11.2. The number of hydrogen-bond donors (Lipinski definition) is 0. The summed E-state index contributed by atoms with van der Waals surface area (Å²) < 4.78 is 0. The molecule has 1 nitrogen and oxygen atoms in total. The molecule has 96 valence electrons. The molecule has 1 rings (SSSR count). The van der Waals surface area contributed by atoms with Gasteiger partial charge in [-0.1, -0.05) is 20.8 Å². The third-order valence-corrected chi connectivity index (χ3v) is 4.33. The molecule has 0 aromatic rings. The van der Waals surface area contributed by atoms with Crippen LogP contribution < -0.4 is 0 Å². The van der Waals surface area contributed by atoms with Crippen LogP contribution in [-0.2, 0) is 0 Å². The molecule has 0 amide bonds. The van der Waals surface area contributed by atoms with Crippen molar-refractivity contribution in [3.8, 4) is 0 Å². The van der Waals surface area contributed by atoms with E-state index in [4.69, 9.17) is 11.6 Å². The Kier molecular flexibility index (Phi) is 6.75. The minimum absolute atomic E-state index is 0.792. The van der Waals surface area contributed by atoms with E-state index in [0.717, 1.165) is 23.6 Å². The molecule has 0 spiro atoms. The lowest BCUT2D eigenvalue weighted by Crippen LogP contribution is -2.36. The van der Waals surface area contributed by atoms with E-state index in [1.165, 1.54) is 45.3 Å². The molecule has 1 saturated heterocycles. The lowest BCUT2D eigenvalue weighted by molar-refractivity contribution is 0.151. The third-order valence-electron chi connectivity index (χ3n) is 4.12. The molecule has 1 atom stereocenters. The van der Waals surface area contributed by atoms with Gasteiger partial charge in [-0.25, -0.2) is 0 Å². The maximum absolute atomic E-state index is 5.76. The van der Waals surface area contributed by atoms with Crippen molar-refractivity contribution < 1.29 is 0 Å². The van der Waals surface area contributed by atoms with Gasteiger partial charge in [0.05, 0.1) is 0 Å². The van der Waals surface area contributed by atoms with Gasteiger partial charge in [-0.05, 0) is 63.1 Å². The van der Waals surface area contributed by atoms with Crippen molar-refractivity contribution in [3.05, 3.63) is 0 Å². The molecule has 0 bridgehead atoms. The third kappa shape index (κ3) is 5.05. The number of piperidine rings is 1. The Bertz CT molecular complexity index is 174. The van der Waals surface area contributed by atoms with Crippen molar-refractivity contribution in [3.63, 3.8) is 0 Å². The molecule has 0 aromatic heterocycles. The second-order valence-corrected chi connectivity index (χ2v) is 6.17. The summed E-state index contributed by atoms with van der Waals surface area (Å²) in [4.78, 5) is 2.64. The zero-order valence-corrected chi connectivity index (χ0v) is 12.0. The molecule has 0 saturated carbocycles. The smallest absolute Gasteiger partial charge is 0.0225 e. The van der Waals surface area contributed by atoms with Crippen molar-refractivity contribution in [2.75, 3.05) is 25.5 Å². The van der Waals surface area contributed by atoms with E-state index in [1.807, 2.05) is 0 Å². The van der Waals surface area contributed by atoms with E-state index >= 15 is 0 Å². The van der Waals surface area contributed by atoms with Crippen molar-refractivity contribution in [1.82, 2.24) is 4.90 Å². The minimum Gasteiger partial charge on any atom is -0.303 e. The Morgan fingerprint density at radius 1 is 1.12 bits per heavy atom. The average molecular weight is 246 g/mol. The molecule has 2 heteroatoms. The minimum atomic E-state index is 0.792. The first-order valence-electron chi connectivity index (χ1n) is 6.91. The molecular weight excluding hydrogens is 218 g/mol. The van der Waals surface area contributed by atoms with Gasteiger partial charge in [0.15, 0.2) is 0 Å². The van der Waals surface area contributed by atoms with Gasteiger partial charge < -0.3 is 4.90 Å². The van der Waals surface area contributed by atoms with Gasteiger partial charge >= 0.3 is 0 Å². The standard InChI is InChI=1S/C14H28ClN/c1-12(2)14-6-10-16(11-7-14)9-5-13(3)4-8-15/h12-14H,4-11H2,1-3H3. The van der Waals surface area contributed by atoms with Crippen LogP contribution in [0.4, 0.5) is 0 Å². The number of likely N-dealkylation sites (tertiary alicyclic amines) is 1. The fraction of sp³-hybridized carbons (Fsp3) is 1.00. The fourth-order valence-corrected chi connectivity index (χ4v) is 2.95. The monoisotopic (exact) mass is 245 g/mol. The fourth-order valence-electron chi connectivity index (χ4n) is 2.58. The molecule has 0 radical (unpaired) electrons. The summed E-state index contributed by atoms with van der Waals surface area (Å²) in [5.74, 6) is 3.45. The van der Waals surface area contributed by atoms with Crippen molar-refractivity contribution in [2.45, 2.75) is 46.5 Å². The highest BCUT2D eigenvalue weighted by Gasteiger charge is 2.21. The first-order chi connectivity index (χ1) is 7.63. The van der Waals surface area contributed by atoms with Crippen LogP contribution in [0.5, 0.6) is 0 Å². The summed E-state index contributed by atoms with van der Waals surface area (Å²) in [6.45, 7) is 11.0. The molecule has 1 heterocycles. The van der Waals surface area contributed by atoms with Gasteiger partial charge in [-0.3, -0.25) is 0 Å². The normalized spacial score (nSPS) is 21.6. The van der Waals surface area contributed by atoms with Crippen molar-refractivity contribution in [2.24, 2.45) is 17.8 Å². The van der Waals surface area contributed by atoms with E-state index in [-0.39, 0.29) is 0 Å². The molecule has 1 fully saturated rings.